The lowest BCUT2D eigenvalue weighted by Gasteiger charge is -2.67. The van der Waals surface area contributed by atoms with Crippen LogP contribution in [-0.2, 0) is 9.59 Å². The van der Waals surface area contributed by atoms with Gasteiger partial charge in [-0.3, -0.25) is 9.59 Å². The standard InChI is InChI=1S/C27H38O2/c1-16(28)27-22-7-5-4-6-19(22)24(27)15-23-20-9-8-17-14-18(29)10-12-25(17,2)21(20)11-13-26(23,27)3/h14,19-24H,4-13,15H2,1-3H3/t19?,20-,21+,22?,23+,24?,25+,26+,27-/m1/s1. The van der Waals surface area contributed by atoms with Gasteiger partial charge in [-0.15, -0.1) is 0 Å². The number of hydrogen-bond acceptors (Lipinski definition) is 2. The van der Waals surface area contributed by atoms with E-state index in [1.807, 2.05) is 13.0 Å². The van der Waals surface area contributed by atoms with E-state index in [4.69, 9.17) is 0 Å². The van der Waals surface area contributed by atoms with Gasteiger partial charge in [0.15, 0.2) is 5.78 Å². The molecular formula is C27H38O2. The van der Waals surface area contributed by atoms with Crippen LogP contribution in [0.1, 0.15) is 91.4 Å². The third kappa shape index (κ3) is 2.01. The third-order valence-electron chi connectivity index (χ3n) is 11.9. The Bertz CT molecular complexity index is 809. The van der Waals surface area contributed by atoms with E-state index in [1.54, 1.807) is 0 Å². The largest absolute Gasteiger partial charge is 0.299 e. The minimum Gasteiger partial charge on any atom is -0.299 e. The van der Waals surface area contributed by atoms with Crippen molar-refractivity contribution in [3.8, 4) is 0 Å². The molecule has 158 valence electrons. The molecule has 0 bridgehead atoms. The Morgan fingerprint density at radius 3 is 2.45 bits per heavy atom. The minimum absolute atomic E-state index is 0.00722. The average molecular weight is 395 g/mol. The highest BCUT2D eigenvalue weighted by Gasteiger charge is 2.78. The van der Waals surface area contributed by atoms with Crippen LogP contribution in [0.3, 0.4) is 0 Å². The molecule has 0 spiro atoms. The van der Waals surface area contributed by atoms with E-state index in [0.29, 0.717) is 23.4 Å². The lowest BCUT2D eigenvalue weighted by molar-refractivity contribution is -0.201. The Labute approximate surface area is 176 Å². The van der Waals surface area contributed by atoms with Gasteiger partial charge in [-0.2, -0.15) is 0 Å². The fraction of sp³-hybridized carbons (Fsp3) is 0.852. The Morgan fingerprint density at radius 1 is 0.897 bits per heavy atom. The minimum atomic E-state index is 0.00722. The number of fused-ring (bicyclic) bond motifs is 10. The van der Waals surface area contributed by atoms with E-state index in [9.17, 15) is 9.59 Å². The normalized spacial score (nSPS) is 55.4. The fourth-order valence-electron chi connectivity index (χ4n) is 10.9. The Balaban J connectivity index is 1.40. The molecule has 6 aliphatic rings. The summed E-state index contributed by atoms with van der Waals surface area (Å²) in [5, 5.41) is 0. The van der Waals surface area contributed by atoms with E-state index in [0.717, 1.165) is 42.9 Å². The summed E-state index contributed by atoms with van der Waals surface area (Å²) in [6.07, 6.45) is 15.5. The van der Waals surface area contributed by atoms with Crippen molar-refractivity contribution in [1.82, 2.24) is 0 Å². The Hall–Kier alpha value is -0.920. The maximum atomic E-state index is 13.4. The molecule has 0 saturated heterocycles. The highest BCUT2D eigenvalue weighted by molar-refractivity contribution is 5.91. The summed E-state index contributed by atoms with van der Waals surface area (Å²) in [6.45, 7) is 6.99. The van der Waals surface area contributed by atoms with Crippen LogP contribution >= 0.6 is 0 Å². The molecule has 0 N–H and O–H groups in total. The van der Waals surface area contributed by atoms with Crippen LogP contribution in [-0.4, -0.2) is 11.6 Å². The van der Waals surface area contributed by atoms with E-state index in [1.165, 1.54) is 56.9 Å². The summed E-state index contributed by atoms with van der Waals surface area (Å²) in [4.78, 5) is 25.5. The molecule has 2 heteroatoms. The number of carbonyl (C=O) groups excluding carboxylic acids is 2. The molecule has 0 heterocycles. The molecule has 5 fully saturated rings. The first-order chi connectivity index (χ1) is 13.8. The molecule has 9 atom stereocenters. The predicted octanol–water partition coefficient (Wildman–Crippen LogP) is 6.14. The van der Waals surface area contributed by atoms with Gasteiger partial charge < -0.3 is 0 Å². The Morgan fingerprint density at radius 2 is 1.66 bits per heavy atom. The summed E-state index contributed by atoms with van der Waals surface area (Å²) in [6, 6.07) is 0. The highest BCUT2D eigenvalue weighted by Crippen LogP contribution is 2.81. The van der Waals surface area contributed by atoms with Crippen molar-refractivity contribution >= 4 is 11.6 Å². The van der Waals surface area contributed by atoms with Gasteiger partial charge in [-0.25, -0.2) is 0 Å². The van der Waals surface area contributed by atoms with Gasteiger partial charge in [-0.1, -0.05) is 32.3 Å². The molecule has 0 aromatic carbocycles. The van der Waals surface area contributed by atoms with Crippen LogP contribution < -0.4 is 0 Å². The lowest BCUT2D eigenvalue weighted by Crippen LogP contribution is -2.66. The van der Waals surface area contributed by atoms with E-state index < -0.39 is 0 Å². The van der Waals surface area contributed by atoms with Gasteiger partial charge in [-0.05, 0) is 111 Å². The smallest absolute Gasteiger partial charge is 0.155 e. The van der Waals surface area contributed by atoms with Crippen LogP contribution in [0.5, 0.6) is 0 Å². The zero-order valence-corrected chi connectivity index (χ0v) is 18.6. The van der Waals surface area contributed by atoms with Gasteiger partial charge in [0.1, 0.15) is 5.78 Å². The van der Waals surface area contributed by atoms with Crippen molar-refractivity contribution in [2.75, 3.05) is 0 Å². The molecule has 6 aliphatic carbocycles. The van der Waals surface area contributed by atoms with Crippen molar-refractivity contribution in [3.05, 3.63) is 11.6 Å². The molecule has 6 rings (SSSR count). The zero-order valence-electron chi connectivity index (χ0n) is 18.6. The first kappa shape index (κ1) is 18.8. The zero-order chi connectivity index (χ0) is 20.2. The number of allylic oxidation sites excluding steroid dienone is 1. The van der Waals surface area contributed by atoms with Crippen molar-refractivity contribution in [1.29, 1.82) is 0 Å². The van der Waals surface area contributed by atoms with E-state index >= 15 is 0 Å². The van der Waals surface area contributed by atoms with Crippen LogP contribution in [0.15, 0.2) is 11.6 Å². The van der Waals surface area contributed by atoms with Gasteiger partial charge >= 0.3 is 0 Å². The summed E-state index contributed by atoms with van der Waals surface area (Å²) in [7, 11) is 0. The predicted molar refractivity (Wildman–Crippen MR) is 114 cm³/mol. The molecule has 29 heavy (non-hydrogen) atoms. The lowest BCUT2D eigenvalue weighted by atomic mass is 9.36. The summed E-state index contributed by atoms with van der Waals surface area (Å²) < 4.78 is 0. The SMILES string of the molecule is CC(=O)[C@@]12C3CCCCC3C1C[C@H]1[C@@H]3CCC4=CC(=O)CC[C@]4(C)[C@H]3CC[C@@]12C. The molecule has 5 saturated carbocycles. The summed E-state index contributed by atoms with van der Waals surface area (Å²) >= 11 is 0. The fourth-order valence-corrected chi connectivity index (χ4v) is 10.9. The van der Waals surface area contributed by atoms with Crippen LogP contribution in [0.4, 0.5) is 0 Å². The van der Waals surface area contributed by atoms with Gasteiger partial charge in [0.05, 0.1) is 0 Å². The van der Waals surface area contributed by atoms with Gasteiger partial charge in [0, 0.05) is 11.8 Å². The first-order valence-electron chi connectivity index (χ1n) is 12.6. The number of ketones is 2. The maximum Gasteiger partial charge on any atom is 0.155 e. The molecule has 0 amide bonds. The monoisotopic (exact) mass is 394 g/mol. The van der Waals surface area contributed by atoms with Crippen LogP contribution in [0, 0.1) is 51.8 Å². The number of Topliss-reactive ketones (excluding diaryl/α,β-unsaturated/α-hetero) is 1. The molecule has 2 nitrogen and oxygen atoms in total. The molecule has 3 unspecified atom stereocenters. The van der Waals surface area contributed by atoms with Crippen LogP contribution in [0.25, 0.3) is 0 Å². The maximum absolute atomic E-state index is 13.4. The second-order valence-corrected chi connectivity index (χ2v) is 12.2. The van der Waals surface area contributed by atoms with E-state index in [-0.39, 0.29) is 16.2 Å². The molecule has 0 aromatic rings. The van der Waals surface area contributed by atoms with Crippen molar-refractivity contribution in [2.24, 2.45) is 51.8 Å². The van der Waals surface area contributed by atoms with Gasteiger partial charge in [0.25, 0.3) is 0 Å². The van der Waals surface area contributed by atoms with Crippen molar-refractivity contribution in [2.45, 2.75) is 91.4 Å². The molecule has 0 aliphatic heterocycles. The highest BCUT2D eigenvalue weighted by atomic mass is 16.1. The summed E-state index contributed by atoms with van der Waals surface area (Å²) in [5.41, 5.74) is 1.95. The number of hydrogen-bond donors (Lipinski definition) is 0. The second kappa shape index (κ2) is 5.86. The molecular weight excluding hydrogens is 356 g/mol. The first-order valence-corrected chi connectivity index (χ1v) is 12.6. The third-order valence-corrected chi connectivity index (χ3v) is 11.9. The summed E-state index contributed by atoms with van der Waals surface area (Å²) in [5.74, 6) is 5.34. The number of rotatable bonds is 1. The van der Waals surface area contributed by atoms with Crippen molar-refractivity contribution < 1.29 is 9.59 Å². The van der Waals surface area contributed by atoms with Gasteiger partial charge in [0.2, 0.25) is 0 Å². The topological polar surface area (TPSA) is 34.1 Å². The molecule has 0 radical (unpaired) electrons. The Kier molecular flexibility index (Phi) is 3.80. The van der Waals surface area contributed by atoms with Crippen molar-refractivity contribution in [3.63, 3.8) is 0 Å². The van der Waals surface area contributed by atoms with E-state index in [2.05, 4.69) is 13.8 Å². The van der Waals surface area contributed by atoms with Crippen LogP contribution in [0.2, 0.25) is 0 Å². The number of carbonyl (C=O) groups is 2. The average Bonchev–Trinajstić information content (AvgIpc) is 2.92. The quantitative estimate of drug-likeness (QED) is 0.535. The second-order valence-electron chi connectivity index (χ2n) is 12.2. The molecule has 0 aromatic heterocycles.